The van der Waals surface area contributed by atoms with Crippen molar-refractivity contribution in [3.8, 4) is 0 Å². The number of hydrazone groups is 1. The second kappa shape index (κ2) is 7.78. The van der Waals surface area contributed by atoms with E-state index in [1.165, 1.54) is 16.8 Å². The lowest BCUT2D eigenvalue weighted by Gasteiger charge is -2.18. The molecule has 10 nitrogen and oxygen atoms in total. The van der Waals surface area contributed by atoms with E-state index < -0.39 is 25.9 Å². The van der Waals surface area contributed by atoms with Crippen LogP contribution in [-0.2, 0) is 20.1 Å². The smallest absolute Gasteiger partial charge is 0.264 e. The normalized spacial score (nSPS) is 20.2. The van der Waals surface area contributed by atoms with Crippen molar-refractivity contribution in [2.24, 2.45) is 5.10 Å². The number of hydrogen-bond acceptors (Lipinski definition) is 8. The third-order valence-electron chi connectivity index (χ3n) is 3.06. The van der Waals surface area contributed by atoms with Gasteiger partial charge in [-0.1, -0.05) is 23.9 Å². The molecule has 25 heavy (non-hydrogen) atoms. The number of benzene rings is 1. The third kappa shape index (κ3) is 6.70. The molecule has 0 bridgehead atoms. The van der Waals surface area contributed by atoms with Gasteiger partial charge in [-0.25, -0.2) is 18.7 Å². The van der Waals surface area contributed by atoms with Crippen LogP contribution in [0.15, 0.2) is 29.4 Å². The monoisotopic (exact) mass is 409 g/mol. The van der Waals surface area contributed by atoms with Crippen molar-refractivity contribution in [1.82, 2.24) is 15.3 Å². The maximum absolute atomic E-state index is 11.2. The minimum atomic E-state index is -4.07. The number of amidine groups is 1. The quantitative estimate of drug-likeness (QED) is 0.275. The van der Waals surface area contributed by atoms with Crippen LogP contribution in [0.3, 0.4) is 0 Å². The number of rotatable bonds is 7. The highest BCUT2D eigenvalue weighted by atomic mass is 32.2. The summed E-state index contributed by atoms with van der Waals surface area (Å²) in [5, 5.41) is 5.48. The molecule has 0 aliphatic carbocycles. The van der Waals surface area contributed by atoms with Gasteiger partial charge in [0.25, 0.3) is 10.1 Å². The van der Waals surface area contributed by atoms with Crippen molar-refractivity contribution >= 4 is 42.8 Å². The molecule has 0 unspecified atom stereocenters. The average molecular weight is 410 g/mol. The Hall–Kier alpha value is -1.54. The van der Waals surface area contributed by atoms with Crippen LogP contribution in [0.25, 0.3) is 0 Å². The van der Waals surface area contributed by atoms with Crippen molar-refractivity contribution in [2.45, 2.75) is 11.8 Å². The van der Waals surface area contributed by atoms with Gasteiger partial charge in [0.05, 0.1) is 12.0 Å². The topological polar surface area (TPSA) is 154 Å². The van der Waals surface area contributed by atoms with Gasteiger partial charge in [0.1, 0.15) is 5.37 Å². The summed E-state index contributed by atoms with van der Waals surface area (Å²) >= 11 is 1.26. The van der Waals surface area contributed by atoms with E-state index >= 15 is 0 Å². The first kappa shape index (κ1) is 19.8. The Morgan fingerprint density at radius 3 is 2.52 bits per heavy atom. The number of nitrogen functional groups attached to an aromatic ring is 1. The van der Waals surface area contributed by atoms with E-state index in [0.717, 1.165) is 11.8 Å². The molecule has 1 aliphatic heterocycles. The van der Waals surface area contributed by atoms with Gasteiger partial charge in [0, 0.05) is 12.2 Å². The molecule has 1 saturated heterocycles. The number of thioether (sulfide) groups is 1. The molecule has 13 heteroatoms. The largest absolute Gasteiger partial charge is 0.399 e. The lowest BCUT2D eigenvalue weighted by molar-refractivity contribution is 0.316. The summed E-state index contributed by atoms with van der Waals surface area (Å²) in [6, 6.07) is 7.13. The highest BCUT2D eigenvalue weighted by molar-refractivity contribution is 8.14. The molecule has 140 valence electrons. The van der Waals surface area contributed by atoms with Crippen molar-refractivity contribution in [3.05, 3.63) is 29.8 Å². The zero-order valence-corrected chi connectivity index (χ0v) is 15.7. The molecular weight excluding hydrogens is 390 g/mol. The number of hydrogen-bond donors (Lipinski definition) is 4. The average Bonchev–Trinajstić information content (AvgIpc) is 2.87. The van der Waals surface area contributed by atoms with E-state index in [0.29, 0.717) is 10.9 Å². The van der Waals surface area contributed by atoms with E-state index in [4.69, 9.17) is 10.3 Å². The van der Waals surface area contributed by atoms with E-state index in [-0.39, 0.29) is 18.3 Å². The van der Waals surface area contributed by atoms with E-state index in [1.54, 1.807) is 12.1 Å². The van der Waals surface area contributed by atoms with E-state index in [9.17, 15) is 16.8 Å². The van der Waals surface area contributed by atoms with Crippen LogP contribution in [-0.4, -0.2) is 50.1 Å². The molecule has 0 spiro atoms. The van der Waals surface area contributed by atoms with Gasteiger partial charge in [-0.05, 0) is 24.1 Å². The van der Waals surface area contributed by atoms with Crippen LogP contribution in [0.1, 0.15) is 17.4 Å². The summed E-state index contributed by atoms with van der Waals surface area (Å²) in [7, 11) is -7.59. The molecule has 0 amide bonds. The molecule has 1 fully saturated rings. The van der Waals surface area contributed by atoms with Gasteiger partial charge < -0.3 is 5.73 Å². The first-order valence-corrected chi connectivity index (χ1v) is 11.5. The van der Waals surface area contributed by atoms with Gasteiger partial charge in [-0.15, -0.1) is 5.10 Å². The number of hydrazine groups is 1. The molecule has 5 N–H and O–H groups in total. The lowest BCUT2D eigenvalue weighted by atomic mass is 10.2. The van der Waals surface area contributed by atoms with Gasteiger partial charge in [-0.2, -0.15) is 8.42 Å². The fourth-order valence-electron chi connectivity index (χ4n) is 1.98. The summed E-state index contributed by atoms with van der Waals surface area (Å²) in [4.78, 5) is 2.05. The number of nitrogens with two attached hydrogens (primary N) is 1. The number of sulfonamides is 1. The Morgan fingerprint density at radius 2 is 1.96 bits per heavy atom. The molecule has 1 aliphatic rings. The number of nitrogens with zero attached hydrogens (tertiary/aromatic N) is 2. The Balaban J connectivity index is 2.13. The molecule has 1 aromatic rings. The SMILES string of the molecule is CS(=O)(=O)N/N=C1/S[C@@H](c2ccc(N)cc2)NN1CCCS(=O)(=O)O. The second-order valence-corrected chi connectivity index (χ2v) is 9.71. The molecule has 0 aromatic heterocycles. The van der Waals surface area contributed by atoms with Crippen LogP contribution in [0.2, 0.25) is 0 Å². The minimum Gasteiger partial charge on any atom is -0.399 e. The summed E-state index contributed by atoms with van der Waals surface area (Å²) in [5.74, 6) is -0.408. The van der Waals surface area contributed by atoms with E-state index in [2.05, 4.69) is 15.4 Å². The predicted octanol–water partition coefficient (Wildman–Crippen LogP) is -0.0811. The van der Waals surface area contributed by atoms with Crippen molar-refractivity contribution in [1.29, 1.82) is 0 Å². The van der Waals surface area contributed by atoms with Gasteiger partial charge in [0.15, 0.2) is 5.17 Å². The third-order valence-corrected chi connectivity index (χ3v) is 5.42. The maximum Gasteiger partial charge on any atom is 0.264 e. The van der Waals surface area contributed by atoms with Gasteiger partial charge in [-0.3, -0.25) is 9.56 Å². The summed E-state index contributed by atoms with van der Waals surface area (Å²) < 4.78 is 53.0. The predicted molar refractivity (Wildman–Crippen MR) is 97.5 cm³/mol. The highest BCUT2D eigenvalue weighted by Crippen LogP contribution is 2.34. The standard InChI is InChI=1S/C12H19N5O5S3/c1-24(18,19)16-14-12-17(7-2-8-25(20,21)22)15-11(23-12)9-3-5-10(13)6-4-9/h3-6,11,15-16H,2,7-8,13H2,1H3,(H,20,21,22)/b14-12+/t11-/m0/s1. The molecule has 1 heterocycles. The molecule has 1 aromatic carbocycles. The molecular formula is C12H19N5O5S3. The zero-order valence-electron chi connectivity index (χ0n) is 13.3. The van der Waals surface area contributed by atoms with Crippen LogP contribution >= 0.6 is 11.8 Å². The van der Waals surface area contributed by atoms with Gasteiger partial charge in [0.2, 0.25) is 10.0 Å². The highest BCUT2D eigenvalue weighted by Gasteiger charge is 2.30. The van der Waals surface area contributed by atoms with Crippen molar-refractivity contribution in [3.63, 3.8) is 0 Å². The molecule has 0 saturated carbocycles. The lowest BCUT2D eigenvalue weighted by Crippen LogP contribution is -2.37. The summed E-state index contributed by atoms with van der Waals surface area (Å²) in [6.07, 6.45) is 1.11. The van der Waals surface area contributed by atoms with Crippen LogP contribution in [0.5, 0.6) is 0 Å². The first-order valence-electron chi connectivity index (χ1n) is 7.09. The van der Waals surface area contributed by atoms with Crippen LogP contribution in [0, 0.1) is 0 Å². The van der Waals surface area contributed by atoms with Crippen molar-refractivity contribution < 1.29 is 21.4 Å². The fraction of sp³-hybridized carbons (Fsp3) is 0.417. The number of anilines is 1. The van der Waals surface area contributed by atoms with Crippen LogP contribution in [0.4, 0.5) is 5.69 Å². The van der Waals surface area contributed by atoms with Gasteiger partial charge >= 0.3 is 0 Å². The summed E-state index contributed by atoms with van der Waals surface area (Å²) in [5.41, 5.74) is 10.3. The zero-order chi connectivity index (χ0) is 18.7. The first-order chi connectivity index (χ1) is 11.5. The second-order valence-electron chi connectivity index (χ2n) is 5.34. The Bertz CT molecular complexity index is 838. The van der Waals surface area contributed by atoms with Crippen LogP contribution < -0.4 is 16.0 Å². The Kier molecular flexibility index (Phi) is 6.16. The molecule has 0 radical (unpaired) electrons. The molecule has 2 rings (SSSR count). The maximum atomic E-state index is 11.2. The Labute approximate surface area is 150 Å². The Morgan fingerprint density at radius 1 is 1.32 bits per heavy atom. The minimum absolute atomic E-state index is 0.138. The summed E-state index contributed by atoms with van der Waals surface area (Å²) in [6.45, 7) is 0.211. The fourth-order valence-corrected chi connectivity index (χ4v) is 3.84. The molecule has 1 atom stereocenters. The van der Waals surface area contributed by atoms with Crippen molar-refractivity contribution in [2.75, 3.05) is 24.3 Å². The van der Waals surface area contributed by atoms with E-state index in [1.807, 2.05) is 12.1 Å². The number of nitrogens with one attached hydrogen (secondary N) is 2.